The van der Waals surface area contributed by atoms with Gasteiger partial charge in [-0.25, -0.2) is 23.2 Å². The van der Waals surface area contributed by atoms with Gasteiger partial charge in [0.15, 0.2) is 9.34 Å². The molecule has 1 amide bonds. The molecule has 3 aromatic rings. The zero-order chi connectivity index (χ0) is 29.5. The molecular formula is C24H25F3N6O6S2. The second kappa shape index (κ2) is 10.9. The van der Waals surface area contributed by atoms with Crippen LogP contribution in [0.25, 0.3) is 10.8 Å². The van der Waals surface area contributed by atoms with Crippen LogP contribution in [0.15, 0.2) is 34.8 Å². The number of nitrogens with one attached hydrogen (secondary N) is 1. The number of aromatic nitrogens is 2. The van der Waals surface area contributed by atoms with Gasteiger partial charge in [-0.1, -0.05) is 11.3 Å². The van der Waals surface area contributed by atoms with Crippen LogP contribution in [-0.4, -0.2) is 80.4 Å². The van der Waals surface area contributed by atoms with Gasteiger partial charge in [-0.15, -0.1) is 13.2 Å². The van der Waals surface area contributed by atoms with Crippen molar-refractivity contribution in [3.63, 3.8) is 0 Å². The van der Waals surface area contributed by atoms with Crippen molar-refractivity contribution in [2.24, 2.45) is 0 Å². The average Bonchev–Trinajstić information content (AvgIpc) is 3.49. The molecule has 220 valence electrons. The maximum atomic E-state index is 13.3. The summed E-state index contributed by atoms with van der Waals surface area (Å²) in [6.07, 6.45) is -1.86. The van der Waals surface area contributed by atoms with Gasteiger partial charge in [0.1, 0.15) is 23.7 Å². The van der Waals surface area contributed by atoms with Gasteiger partial charge in [-0.05, 0) is 42.0 Å². The lowest BCUT2D eigenvalue weighted by molar-refractivity contribution is -0.274. The molecule has 2 aliphatic rings. The van der Waals surface area contributed by atoms with Gasteiger partial charge in [0.2, 0.25) is 5.91 Å². The van der Waals surface area contributed by atoms with E-state index in [1.165, 1.54) is 24.5 Å². The molecule has 2 unspecified atom stereocenters. The molecule has 2 fully saturated rings. The molecule has 2 saturated heterocycles. The fourth-order valence-corrected chi connectivity index (χ4v) is 7.12. The molecule has 1 aromatic carbocycles. The van der Waals surface area contributed by atoms with Crippen molar-refractivity contribution in [1.29, 1.82) is 0 Å². The Labute approximate surface area is 236 Å². The van der Waals surface area contributed by atoms with Crippen LogP contribution in [-0.2, 0) is 30.8 Å². The summed E-state index contributed by atoms with van der Waals surface area (Å²) in [5.74, 6) is -2.25. The molecule has 4 heterocycles. The number of thiazole rings is 1. The highest BCUT2D eigenvalue weighted by molar-refractivity contribution is 7.91. The normalized spacial score (nSPS) is 18.4. The van der Waals surface area contributed by atoms with Crippen LogP contribution >= 0.6 is 11.3 Å². The van der Waals surface area contributed by atoms with Crippen LogP contribution in [0.3, 0.4) is 0 Å². The van der Waals surface area contributed by atoms with E-state index in [0.29, 0.717) is 10.5 Å². The third-order valence-corrected chi connectivity index (χ3v) is 9.86. The molecule has 0 bridgehead atoms. The highest BCUT2D eigenvalue weighted by atomic mass is 32.2. The number of ether oxygens (including phenoxy) is 2. The fraction of sp³-hybridized carbons (Fsp3) is 0.417. The number of pyridine rings is 1. The number of benzene rings is 1. The molecular weight excluding hydrogens is 589 g/mol. The number of hydrogen-bond donors (Lipinski definition) is 2. The van der Waals surface area contributed by atoms with Crippen molar-refractivity contribution in [3.8, 4) is 5.75 Å². The monoisotopic (exact) mass is 614 g/mol. The minimum Gasteiger partial charge on any atom is -0.467 e. The number of hydrogen-bond acceptors (Lipinski definition) is 11. The number of carbonyl (C=O) groups is 2. The lowest BCUT2D eigenvalue weighted by atomic mass is 10.00. The molecule has 0 spiro atoms. The summed E-state index contributed by atoms with van der Waals surface area (Å²) in [6.45, 7) is 1.51. The zero-order valence-corrected chi connectivity index (χ0v) is 23.2. The Bertz CT molecular complexity index is 1590. The molecule has 5 rings (SSSR count). The van der Waals surface area contributed by atoms with E-state index >= 15 is 0 Å². The predicted octanol–water partition coefficient (Wildman–Crippen LogP) is 2.05. The third-order valence-electron chi connectivity index (χ3n) is 6.87. The van der Waals surface area contributed by atoms with Crippen molar-refractivity contribution < 1.29 is 40.7 Å². The topological polar surface area (TPSA) is 157 Å². The molecule has 17 heteroatoms. The summed E-state index contributed by atoms with van der Waals surface area (Å²) in [7, 11) is -3.03. The number of amides is 1. The number of rotatable bonds is 9. The first-order valence-electron chi connectivity index (χ1n) is 12.4. The molecule has 12 nitrogen and oxygen atoms in total. The second-order valence-electron chi connectivity index (χ2n) is 9.46. The lowest BCUT2D eigenvalue weighted by Gasteiger charge is -2.30. The van der Waals surface area contributed by atoms with Gasteiger partial charge in [-0.2, -0.15) is 4.72 Å². The van der Waals surface area contributed by atoms with E-state index in [9.17, 15) is 31.2 Å². The molecule has 2 aliphatic heterocycles. The summed E-state index contributed by atoms with van der Waals surface area (Å²) in [4.78, 5) is 37.2. The summed E-state index contributed by atoms with van der Waals surface area (Å²) < 4.78 is 77.2. The van der Waals surface area contributed by atoms with Crippen LogP contribution in [0.1, 0.15) is 18.4 Å². The van der Waals surface area contributed by atoms with E-state index in [-0.39, 0.29) is 33.9 Å². The van der Waals surface area contributed by atoms with Crippen molar-refractivity contribution >= 4 is 55.0 Å². The summed E-state index contributed by atoms with van der Waals surface area (Å²) in [5, 5.41) is 1.20. The number of carbonyl (C=O) groups excluding carboxylic acids is 2. The first-order valence-corrected chi connectivity index (χ1v) is 14.7. The maximum Gasteiger partial charge on any atom is 0.573 e. The number of nitrogens with zero attached hydrogens (tertiary/aromatic N) is 4. The van der Waals surface area contributed by atoms with Gasteiger partial charge < -0.3 is 25.0 Å². The minimum atomic E-state index is -5.06. The Morgan fingerprint density at radius 1 is 1.27 bits per heavy atom. The predicted molar refractivity (Wildman–Crippen MR) is 142 cm³/mol. The van der Waals surface area contributed by atoms with E-state index in [2.05, 4.69) is 19.4 Å². The number of esters is 1. The molecule has 0 radical (unpaired) electrons. The number of alkyl halides is 3. The number of methoxy groups -OCH3 is 1. The van der Waals surface area contributed by atoms with Gasteiger partial charge in [0, 0.05) is 37.6 Å². The summed E-state index contributed by atoms with van der Waals surface area (Å²) in [6, 6.07) is 1.40. The van der Waals surface area contributed by atoms with Crippen LogP contribution in [0.2, 0.25) is 0 Å². The van der Waals surface area contributed by atoms with Crippen molar-refractivity contribution in [2.45, 2.75) is 41.9 Å². The number of likely N-dealkylation sites (tertiary alicyclic amines) is 1. The van der Waals surface area contributed by atoms with Crippen molar-refractivity contribution in [2.75, 3.05) is 37.4 Å². The fourth-order valence-electron chi connectivity index (χ4n) is 4.71. The smallest absolute Gasteiger partial charge is 0.467 e. The van der Waals surface area contributed by atoms with E-state index in [1.807, 2.05) is 4.90 Å². The number of anilines is 2. The Morgan fingerprint density at radius 2 is 2.02 bits per heavy atom. The van der Waals surface area contributed by atoms with E-state index in [1.54, 1.807) is 0 Å². The van der Waals surface area contributed by atoms with E-state index in [4.69, 9.17) is 10.5 Å². The van der Waals surface area contributed by atoms with Crippen LogP contribution in [0.4, 0.5) is 24.1 Å². The maximum absolute atomic E-state index is 13.3. The lowest BCUT2D eigenvalue weighted by Crippen LogP contribution is -2.48. The van der Waals surface area contributed by atoms with Gasteiger partial charge in [0.25, 0.3) is 10.0 Å². The quantitative estimate of drug-likeness (QED) is 0.342. The zero-order valence-electron chi connectivity index (χ0n) is 21.6. The highest BCUT2D eigenvalue weighted by Crippen LogP contribution is 2.35. The average molecular weight is 615 g/mol. The summed E-state index contributed by atoms with van der Waals surface area (Å²) in [5.41, 5.74) is 5.78. The Hall–Kier alpha value is -3.70. The number of halogens is 3. The Kier molecular flexibility index (Phi) is 7.69. The Morgan fingerprint density at radius 3 is 2.68 bits per heavy atom. The van der Waals surface area contributed by atoms with Crippen molar-refractivity contribution in [3.05, 3.63) is 36.2 Å². The number of sulfonamides is 1. The van der Waals surface area contributed by atoms with Gasteiger partial charge in [-0.3, -0.25) is 4.79 Å². The van der Waals surface area contributed by atoms with Crippen LogP contribution in [0.5, 0.6) is 5.75 Å². The first kappa shape index (κ1) is 28.8. The number of fused-ring (bicyclic) bond motifs is 1. The summed E-state index contributed by atoms with van der Waals surface area (Å²) >= 11 is 0.980. The Balaban J connectivity index is 1.39. The van der Waals surface area contributed by atoms with Gasteiger partial charge in [0.05, 0.1) is 13.3 Å². The van der Waals surface area contributed by atoms with Crippen LogP contribution in [0, 0.1) is 0 Å². The SMILES string of the molecule is COC(=O)C(Cc1cc2ccnc(N)c2cc1OC(F)(F)F)N1CCC(NS(=O)(=O)c2cnc(N3CCC3)s2)C1=O. The largest absolute Gasteiger partial charge is 0.573 e. The standard InChI is InChI=1S/C24H25F3N6O6S2/c1-38-22(35)17(10-14-9-13-3-5-29-20(28)15(13)11-18(14)39-24(25,26)27)33-8-4-16(21(33)34)31-41(36,37)19-12-30-23(40-19)32-6-2-7-32/h3,5,9,11-12,16-17,31H,2,4,6-8,10H2,1H3,(H2,28,29). The molecule has 2 aromatic heterocycles. The molecule has 3 N–H and O–H groups in total. The number of nitrogens with two attached hydrogens (primary N) is 1. The van der Waals surface area contributed by atoms with Crippen molar-refractivity contribution in [1.82, 2.24) is 19.6 Å². The molecule has 0 saturated carbocycles. The molecule has 2 atom stereocenters. The van der Waals surface area contributed by atoms with Crippen LogP contribution < -0.4 is 20.1 Å². The first-order chi connectivity index (χ1) is 19.4. The second-order valence-corrected chi connectivity index (χ2v) is 12.4. The van der Waals surface area contributed by atoms with Gasteiger partial charge >= 0.3 is 12.3 Å². The highest BCUT2D eigenvalue weighted by Gasteiger charge is 2.42. The molecule has 41 heavy (non-hydrogen) atoms. The van der Waals surface area contributed by atoms with E-state index < -0.39 is 52.5 Å². The minimum absolute atomic E-state index is 0.0200. The van der Waals surface area contributed by atoms with E-state index in [0.717, 1.165) is 48.9 Å². The number of nitrogen functional groups attached to an aromatic ring is 1. The molecule has 0 aliphatic carbocycles. The third kappa shape index (κ3) is 6.01.